The predicted octanol–water partition coefficient (Wildman–Crippen LogP) is 4.39. The first-order valence-electron chi connectivity index (χ1n) is 10.1. The van der Waals surface area contributed by atoms with Crippen LogP contribution in [-0.4, -0.2) is 33.9 Å². The molecule has 29 heavy (non-hydrogen) atoms. The summed E-state index contributed by atoms with van der Waals surface area (Å²) >= 11 is 0.0107. The minimum absolute atomic E-state index is 0.0107. The van der Waals surface area contributed by atoms with Crippen molar-refractivity contribution in [3.05, 3.63) is 70.3 Å². The van der Waals surface area contributed by atoms with Gasteiger partial charge >= 0.3 is 181 Å². The van der Waals surface area contributed by atoms with Crippen LogP contribution in [0, 0.1) is 12.8 Å². The number of unbranched alkanes of at least 4 members (excludes halogenated alkanes) is 1. The molecule has 0 radical (unpaired) electrons. The fourth-order valence-electron chi connectivity index (χ4n) is 3.19. The number of rotatable bonds is 8. The van der Waals surface area contributed by atoms with Gasteiger partial charge in [-0.2, -0.15) is 0 Å². The van der Waals surface area contributed by atoms with E-state index in [9.17, 15) is 8.42 Å². The van der Waals surface area contributed by atoms with Gasteiger partial charge in [0.15, 0.2) is 0 Å². The van der Waals surface area contributed by atoms with Crippen LogP contribution in [0.15, 0.2) is 69.7 Å². The molecule has 0 N–H and O–H groups in total. The zero-order valence-electron chi connectivity index (χ0n) is 17.5. The van der Waals surface area contributed by atoms with Crippen LogP contribution in [0.4, 0.5) is 0 Å². The van der Waals surface area contributed by atoms with Crippen LogP contribution in [0.1, 0.15) is 45.6 Å². The monoisotopic (exact) mass is 479 g/mol. The molecule has 0 amide bonds. The van der Waals surface area contributed by atoms with Gasteiger partial charge in [-0.3, -0.25) is 0 Å². The van der Waals surface area contributed by atoms with Crippen LogP contribution in [-0.2, 0) is 14.9 Å². The van der Waals surface area contributed by atoms with Crippen molar-refractivity contribution in [2.75, 3.05) is 0 Å². The Morgan fingerprint density at radius 2 is 1.72 bits per heavy atom. The molecule has 1 aliphatic rings. The second-order valence-electron chi connectivity index (χ2n) is 7.64. The zero-order valence-corrected chi connectivity index (χ0v) is 20.0. The molecule has 0 aromatic heterocycles. The van der Waals surface area contributed by atoms with E-state index in [1.165, 1.54) is 8.93 Å². The Balaban J connectivity index is 2.06. The summed E-state index contributed by atoms with van der Waals surface area (Å²) in [4.78, 5) is 6.43. The van der Waals surface area contributed by atoms with Crippen LogP contribution in [0.25, 0.3) is 0 Å². The molecule has 1 unspecified atom stereocenters. The van der Waals surface area contributed by atoms with Gasteiger partial charge in [-0.1, -0.05) is 0 Å². The van der Waals surface area contributed by atoms with Crippen molar-refractivity contribution in [2.24, 2.45) is 5.92 Å². The predicted molar refractivity (Wildman–Crippen MR) is 118 cm³/mol. The molecule has 0 fully saturated rings. The Kier molecular flexibility index (Phi) is 7.23. The number of hydrogen-bond donors (Lipinski definition) is 0. The molecule has 4 nitrogen and oxygen atoms in total. The van der Waals surface area contributed by atoms with Crippen molar-refractivity contribution < 1.29 is 13.3 Å². The molecule has 156 valence electrons. The molecule has 1 heterocycles. The van der Waals surface area contributed by atoms with Gasteiger partial charge < -0.3 is 0 Å². The molecular weight excluding hydrogens is 449 g/mol. The summed E-state index contributed by atoms with van der Waals surface area (Å²) < 4.78 is 30.5. The Hall–Kier alpha value is -1.59. The van der Waals surface area contributed by atoms with Gasteiger partial charge in [0.1, 0.15) is 0 Å². The number of allylic oxidation sites excluding steroid dienone is 1. The first-order chi connectivity index (χ1) is 13.8. The summed E-state index contributed by atoms with van der Waals surface area (Å²) in [6.45, 7) is 8.25. The topological polar surface area (TPSA) is 46.6 Å². The summed E-state index contributed by atoms with van der Waals surface area (Å²) in [6.07, 6.45) is 2.41. The standard InChI is InChI=1S/C23H29NO3SSe/c1-5-6-12-21-23(29-20-10-8-7-9-11-20)22(17(2)3)27-24(21)28(25,26)19-15-13-18(4)14-16-19/h7-11,13-17,22H,5-6,12H2,1-4H3. The molecule has 1 atom stereocenters. The second-order valence-corrected chi connectivity index (χ2v) is 11.7. The zero-order chi connectivity index (χ0) is 21.0. The van der Waals surface area contributed by atoms with E-state index in [4.69, 9.17) is 4.84 Å². The van der Waals surface area contributed by atoms with Gasteiger partial charge in [0.05, 0.1) is 0 Å². The maximum absolute atomic E-state index is 13.5. The van der Waals surface area contributed by atoms with E-state index in [0.29, 0.717) is 6.42 Å². The molecule has 0 saturated carbocycles. The number of benzene rings is 2. The van der Waals surface area contributed by atoms with Crippen molar-refractivity contribution in [3.8, 4) is 0 Å². The third-order valence-corrected chi connectivity index (χ3v) is 8.97. The van der Waals surface area contributed by atoms with Crippen LogP contribution < -0.4 is 4.46 Å². The molecule has 0 saturated heterocycles. The van der Waals surface area contributed by atoms with Crippen LogP contribution >= 0.6 is 0 Å². The summed E-state index contributed by atoms with van der Waals surface area (Å²) in [6, 6.07) is 17.3. The summed E-state index contributed by atoms with van der Waals surface area (Å²) in [7, 11) is -3.76. The molecule has 0 aliphatic carbocycles. The van der Waals surface area contributed by atoms with E-state index in [1.807, 2.05) is 37.3 Å². The van der Waals surface area contributed by atoms with Crippen LogP contribution in [0.5, 0.6) is 0 Å². The van der Waals surface area contributed by atoms with E-state index in [1.54, 1.807) is 12.1 Å². The molecule has 0 spiro atoms. The Labute approximate surface area is 181 Å². The van der Waals surface area contributed by atoms with Gasteiger partial charge in [-0.05, 0) is 0 Å². The average molecular weight is 479 g/mol. The first kappa shape index (κ1) is 22.1. The Morgan fingerprint density at radius 1 is 1.07 bits per heavy atom. The number of aryl methyl sites for hydroxylation is 1. The van der Waals surface area contributed by atoms with E-state index in [-0.39, 0.29) is 31.9 Å². The molecule has 2 aromatic carbocycles. The maximum atomic E-state index is 13.5. The van der Waals surface area contributed by atoms with Crippen LogP contribution in [0.3, 0.4) is 0 Å². The van der Waals surface area contributed by atoms with Gasteiger partial charge in [0, 0.05) is 0 Å². The van der Waals surface area contributed by atoms with Gasteiger partial charge in [0.2, 0.25) is 0 Å². The van der Waals surface area contributed by atoms with E-state index in [2.05, 4.69) is 32.9 Å². The molecule has 3 rings (SSSR count). The third-order valence-electron chi connectivity index (χ3n) is 4.85. The van der Waals surface area contributed by atoms with E-state index >= 15 is 0 Å². The third kappa shape index (κ3) is 4.95. The SMILES string of the molecule is CCCCC1=C([Se]c2ccccc2)C(C(C)C)ON1S(=O)(=O)c1ccc(C)cc1. The van der Waals surface area contributed by atoms with Crippen molar-refractivity contribution in [1.82, 2.24) is 4.47 Å². The number of nitrogens with zero attached hydrogens (tertiary/aromatic N) is 1. The molecular formula is C23H29NO3SSe. The molecule has 1 aliphatic heterocycles. The normalized spacial score (nSPS) is 17.4. The fourth-order valence-corrected chi connectivity index (χ4v) is 7.37. The van der Waals surface area contributed by atoms with E-state index < -0.39 is 10.0 Å². The Morgan fingerprint density at radius 3 is 2.31 bits per heavy atom. The number of hydrogen-bond acceptors (Lipinski definition) is 3. The molecule has 2 aromatic rings. The van der Waals surface area contributed by atoms with Gasteiger partial charge in [0.25, 0.3) is 0 Å². The quantitative estimate of drug-likeness (QED) is 0.529. The summed E-state index contributed by atoms with van der Waals surface area (Å²) in [5.74, 6) is 0.186. The molecule has 6 heteroatoms. The van der Waals surface area contributed by atoms with Crippen molar-refractivity contribution in [1.29, 1.82) is 0 Å². The van der Waals surface area contributed by atoms with E-state index in [0.717, 1.165) is 28.6 Å². The van der Waals surface area contributed by atoms with Crippen molar-refractivity contribution in [3.63, 3.8) is 0 Å². The van der Waals surface area contributed by atoms with Crippen molar-refractivity contribution >= 4 is 29.4 Å². The first-order valence-corrected chi connectivity index (χ1v) is 13.2. The molecule has 0 bridgehead atoms. The Bertz CT molecular complexity index is 953. The fraction of sp³-hybridized carbons (Fsp3) is 0.391. The average Bonchev–Trinajstić information content (AvgIpc) is 3.06. The minimum atomic E-state index is -3.76. The van der Waals surface area contributed by atoms with Gasteiger partial charge in [-0.25, -0.2) is 0 Å². The summed E-state index contributed by atoms with van der Waals surface area (Å²) in [5.41, 5.74) is 1.86. The van der Waals surface area contributed by atoms with Crippen LogP contribution in [0.2, 0.25) is 0 Å². The van der Waals surface area contributed by atoms with Crippen molar-refractivity contribution in [2.45, 2.75) is 58.0 Å². The number of sulfonamides is 1. The second kappa shape index (κ2) is 9.48. The summed E-state index contributed by atoms with van der Waals surface area (Å²) in [5, 5.41) is 0. The van der Waals surface area contributed by atoms with Gasteiger partial charge in [-0.15, -0.1) is 0 Å². The number of hydroxylamine groups is 1.